The molecule has 0 aliphatic rings. The number of benzene rings is 4. The molecule has 0 aliphatic heterocycles. The molecule has 0 saturated heterocycles. The van der Waals surface area contributed by atoms with Crippen molar-refractivity contribution in [2.75, 3.05) is 32.9 Å². The van der Waals surface area contributed by atoms with Crippen molar-refractivity contribution in [3.63, 3.8) is 0 Å². The first-order valence-electron chi connectivity index (χ1n) is 14.3. The van der Waals surface area contributed by atoms with Crippen molar-refractivity contribution in [2.45, 2.75) is 31.7 Å². The van der Waals surface area contributed by atoms with Crippen molar-refractivity contribution < 1.29 is 19.4 Å². The van der Waals surface area contributed by atoms with E-state index in [-0.39, 0.29) is 25.0 Å². The van der Waals surface area contributed by atoms with E-state index in [0.717, 1.165) is 43.1 Å². The van der Waals surface area contributed by atoms with E-state index >= 15 is 0 Å². The quantitative estimate of drug-likeness (QED) is 0.167. The zero-order valence-corrected chi connectivity index (χ0v) is 23.5. The second-order valence-corrected chi connectivity index (χ2v) is 10.1. The van der Waals surface area contributed by atoms with Gasteiger partial charge in [-0.25, -0.2) is 0 Å². The minimum atomic E-state index is -0.298. The highest BCUT2D eigenvalue weighted by Crippen LogP contribution is 2.27. The third kappa shape index (κ3) is 10.1. The maximum absolute atomic E-state index is 11.2. The molecule has 3 N–H and O–H groups in total. The van der Waals surface area contributed by atoms with Gasteiger partial charge >= 0.3 is 0 Å². The second kappa shape index (κ2) is 16.2. The molecule has 4 rings (SSSR count). The zero-order chi connectivity index (χ0) is 28.7. The Bertz CT molecular complexity index is 1270. The Balaban J connectivity index is 1.45. The molecule has 0 aromatic heterocycles. The number of rotatable bonds is 17. The summed E-state index contributed by atoms with van der Waals surface area (Å²) in [7, 11) is 0. The van der Waals surface area contributed by atoms with Gasteiger partial charge in [0.1, 0.15) is 18.1 Å². The SMILES string of the molecule is NC(=O)CCc1cccc(OCCCN(Cc2ccc(OCCO)cc2)CC(c2ccccc2)c2ccccc2)c1. The van der Waals surface area contributed by atoms with Crippen molar-refractivity contribution in [1.29, 1.82) is 0 Å². The van der Waals surface area contributed by atoms with Crippen molar-refractivity contribution in [3.8, 4) is 11.5 Å². The highest BCUT2D eigenvalue weighted by Gasteiger charge is 2.19. The largest absolute Gasteiger partial charge is 0.494 e. The summed E-state index contributed by atoms with van der Waals surface area (Å²) in [5.41, 5.74) is 10.1. The Morgan fingerprint density at radius 3 is 2.05 bits per heavy atom. The van der Waals surface area contributed by atoms with Gasteiger partial charge < -0.3 is 20.3 Å². The van der Waals surface area contributed by atoms with E-state index in [9.17, 15) is 4.79 Å². The lowest BCUT2D eigenvalue weighted by Crippen LogP contribution is -2.30. The number of nitrogens with two attached hydrogens (primary N) is 1. The number of aliphatic hydroxyl groups excluding tert-OH is 1. The van der Waals surface area contributed by atoms with Crippen LogP contribution >= 0.6 is 0 Å². The van der Waals surface area contributed by atoms with Gasteiger partial charge in [-0.15, -0.1) is 0 Å². The fraction of sp³-hybridized carbons (Fsp3) is 0.286. The van der Waals surface area contributed by atoms with Gasteiger partial charge in [-0.3, -0.25) is 9.69 Å². The number of primary amides is 1. The van der Waals surface area contributed by atoms with Crippen molar-refractivity contribution in [1.82, 2.24) is 4.90 Å². The predicted octanol–water partition coefficient (Wildman–Crippen LogP) is 5.58. The lowest BCUT2D eigenvalue weighted by Gasteiger charge is -2.28. The molecule has 4 aromatic rings. The molecule has 1 amide bonds. The summed E-state index contributed by atoms with van der Waals surface area (Å²) in [5, 5.41) is 9.05. The van der Waals surface area contributed by atoms with Gasteiger partial charge in [-0.2, -0.15) is 0 Å². The fourth-order valence-electron chi connectivity index (χ4n) is 4.92. The number of hydrogen-bond acceptors (Lipinski definition) is 5. The van der Waals surface area contributed by atoms with Gasteiger partial charge in [0.05, 0.1) is 13.2 Å². The summed E-state index contributed by atoms with van der Waals surface area (Å²) in [6, 6.07) is 37.3. The lowest BCUT2D eigenvalue weighted by atomic mass is 9.90. The highest BCUT2D eigenvalue weighted by molar-refractivity contribution is 5.74. The maximum Gasteiger partial charge on any atom is 0.217 e. The summed E-state index contributed by atoms with van der Waals surface area (Å²) in [6.07, 6.45) is 1.81. The number of aliphatic hydroxyl groups is 1. The average molecular weight is 553 g/mol. The minimum Gasteiger partial charge on any atom is -0.494 e. The highest BCUT2D eigenvalue weighted by atomic mass is 16.5. The van der Waals surface area contributed by atoms with Crippen LogP contribution in [-0.2, 0) is 17.8 Å². The second-order valence-electron chi connectivity index (χ2n) is 10.1. The van der Waals surface area contributed by atoms with Gasteiger partial charge in [-0.1, -0.05) is 84.9 Å². The third-order valence-corrected chi connectivity index (χ3v) is 6.98. The van der Waals surface area contributed by atoms with Gasteiger partial charge in [0.2, 0.25) is 5.91 Å². The van der Waals surface area contributed by atoms with Gasteiger partial charge in [-0.05, 0) is 59.4 Å². The Morgan fingerprint density at radius 2 is 1.41 bits per heavy atom. The molecule has 6 heteroatoms. The van der Waals surface area contributed by atoms with E-state index in [1.54, 1.807) is 0 Å². The van der Waals surface area contributed by atoms with Crippen LogP contribution in [0, 0.1) is 0 Å². The molecule has 0 aliphatic carbocycles. The summed E-state index contributed by atoms with van der Waals surface area (Å²) < 4.78 is 11.7. The average Bonchev–Trinajstić information content (AvgIpc) is 3.01. The Hall–Kier alpha value is -4.13. The Morgan fingerprint density at radius 1 is 0.756 bits per heavy atom. The standard InChI is InChI=1S/C35H40N2O4/c36-35(39)20-17-28-9-7-14-33(25-28)40-23-8-21-37(26-29-15-18-32(19-16-29)41-24-22-38)27-34(30-10-3-1-4-11-30)31-12-5-2-6-13-31/h1-7,9-16,18-19,25,34,38H,8,17,20-24,26-27H2,(H2,36,39). The number of aryl methyl sites for hydroxylation is 1. The van der Waals surface area contributed by atoms with Crippen molar-refractivity contribution in [2.24, 2.45) is 5.73 Å². The normalized spacial score (nSPS) is 11.1. The number of carbonyl (C=O) groups is 1. The van der Waals surface area contributed by atoms with Crippen LogP contribution in [0.25, 0.3) is 0 Å². The van der Waals surface area contributed by atoms with Crippen LogP contribution in [0.1, 0.15) is 41.0 Å². The molecule has 0 fully saturated rings. The van der Waals surface area contributed by atoms with E-state index in [4.69, 9.17) is 20.3 Å². The smallest absolute Gasteiger partial charge is 0.217 e. The monoisotopic (exact) mass is 552 g/mol. The molecule has 0 heterocycles. The Labute approximate surface area is 243 Å². The van der Waals surface area contributed by atoms with Crippen LogP contribution in [0.4, 0.5) is 0 Å². The van der Waals surface area contributed by atoms with Crippen LogP contribution < -0.4 is 15.2 Å². The number of carbonyl (C=O) groups excluding carboxylic acids is 1. The molecule has 6 nitrogen and oxygen atoms in total. The van der Waals surface area contributed by atoms with E-state index in [2.05, 4.69) is 77.7 Å². The molecule has 214 valence electrons. The van der Waals surface area contributed by atoms with Gasteiger partial charge in [0.15, 0.2) is 0 Å². The predicted molar refractivity (Wildman–Crippen MR) is 163 cm³/mol. The zero-order valence-electron chi connectivity index (χ0n) is 23.5. The molecular weight excluding hydrogens is 512 g/mol. The van der Waals surface area contributed by atoms with Crippen molar-refractivity contribution in [3.05, 3.63) is 131 Å². The van der Waals surface area contributed by atoms with Crippen LogP contribution in [0.15, 0.2) is 109 Å². The van der Waals surface area contributed by atoms with E-state index < -0.39 is 0 Å². The molecule has 0 spiro atoms. The topological polar surface area (TPSA) is 85.0 Å². The van der Waals surface area contributed by atoms with Gasteiger partial charge in [0.25, 0.3) is 0 Å². The molecule has 4 aromatic carbocycles. The lowest BCUT2D eigenvalue weighted by molar-refractivity contribution is -0.117. The molecule has 41 heavy (non-hydrogen) atoms. The first-order chi connectivity index (χ1) is 20.1. The number of hydrogen-bond donors (Lipinski definition) is 2. The van der Waals surface area contributed by atoms with Crippen LogP contribution in [0.5, 0.6) is 11.5 Å². The summed E-state index contributed by atoms with van der Waals surface area (Å²) in [5.74, 6) is 1.50. The molecule has 0 radical (unpaired) electrons. The van der Waals surface area contributed by atoms with Crippen LogP contribution in [-0.4, -0.2) is 48.8 Å². The van der Waals surface area contributed by atoms with Crippen LogP contribution in [0.3, 0.4) is 0 Å². The summed E-state index contributed by atoms with van der Waals surface area (Å²) >= 11 is 0. The molecule has 0 atom stereocenters. The molecular formula is C35H40N2O4. The van der Waals surface area contributed by atoms with Crippen LogP contribution in [0.2, 0.25) is 0 Å². The first-order valence-corrected chi connectivity index (χ1v) is 14.3. The van der Waals surface area contributed by atoms with E-state index in [1.165, 1.54) is 16.7 Å². The Kier molecular flexibility index (Phi) is 11.8. The number of ether oxygens (including phenoxy) is 2. The summed E-state index contributed by atoms with van der Waals surface area (Å²) in [4.78, 5) is 13.6. The third-order valence-electron chi connectivity index (χ3n) is 6.98. The molecule has 0 unspecified atom stereocenters. The number of nitrogens with zero attached hydrogens (tertiary/aromatic N) is 1. The molecule has 0 bridgehead atoms. The van der Waals surface area contributed by atoms with E-state index in [0.29, 0.717) is 19.4 Å². The summed E-state index contributed by atoms with van der Waals surface area (Å²) in [6.45, 7) is 3.38. The number of amides is 1. The van der Waals surface area contributed by atoms with Crippen molar-refractivity contribution >= 4 is 5.91 Å². The fourth-order valence-corrected chi connectivity index (χ4v) is 4.92. The van der Waals surface area contributed by atoms with E-state index in [1.807, 2.05) is 36.4 Å². The van der Waals surface area contributed by atoms with Gasteiger partial charge in [0, 0.05) is 32.0 Å². The molecule has 0 saturated carbocycles. The maximum atomic E-state index is 11.2. The minimum absolute atomic E-state index is 0.00434. The first kappa shape index (κ1) is 29.8.